The highest BCUT2D eigenvalue weighted by Gasteiger charge is 2.90. The molecule has 0 bridgehead atoms. The minimum absolute atomic E-state index is 0.153. The number of carbonyl (C=O) groups is 1. The van der Waals surface area contributed by atoms with Gasteiger partial charge in [0.1, 0.15) is 0 Å². The minimum atomic E-state index is -7.90. The van der Waals surface area contributed by atoms with Crippen molar-refractivity contribution in [2.24, 2.45) is 0 Å². The van der Waals surface area contributed by atoms with Gasteiger partial charge in [-0.25, -0.2) is 0 Å². The lowest BCUT2D eigenvalue weighted by Gasteiger charge is -2.39. The summed E-state index contributed by atoms with van der Waals surface area (Å²) in [6.07, 6.45) is -9.26. The molecule has 0 atom stereocenters. The Morgan fingerprint density at radius 3 is 1.69 bits per heavy atom. The van der Waals surface area contributed by atoms with E-state index in [1.165, 1.54) is 0 Å². The summed E-state index contributed by atoms with van der Waals surface area (Å²) < 4.78 is 168. The number of rotatable bonds is 13. The monoisotopic (exact) mass is 522 g/mol. The van der Waals surface area contributed by atoms with Crippen LogP contribution in [0.3, 0.4) is 0 Å². The Bertz CT molecular complexity index is 623. The molecule has 0 aliphatic heterocycles. The molecule has 17 heteroatoms. The molecule has 1 N–H and O–H groups in total. The molecule has 0 aromatic carbocycles. The van der Waals surface area contributed by atoms with Gasteiger partial charge >= 0.3 is 35.8 Å². The lowest BCUT2D eigenvalue weighted by molar-refractivity contribution is -0.439. The highest BCUT2D eigenvalue weighted by Crippen LogP contribution is 2.60. The standard InChI is InChI=1S/C15H19F13N2OS/c1-30(2)6-3-5-29-9(31)8-32-7-4-10(16,17)11(18,19)12(20,21)13(22,23)14(24,25)15(26,27)28/h3-8H2,1-2H3,(H,29,31). The molecule has 0 aliphatic rings. The van der Waals surface area contributed by atoms with E-state index in [0.717, 1.165) is 0 Å². The molecule has 0 rings (SSSR count). The van der Waals surface area contributed by atoms with E-state index in [1.807, 2.05) is 0 Å². The van der Waals surface area contributed by atoms with Crippen LogP contribution in [0.2, 0.25) is 0 Å². The number of halogens is 13. The summed E-state index contributed by atoms with van der Waals surface area (Å²) in [6.45, 7) is 0.724. The Balaban J connectivity index is 5.12. The second-order valence-corrected chi connectivity index (χ2v) is 7.91. The van der Waals surface area contributed by atoms with E-state index in [0.29, 0.717) is 13.0 Å². The van der Waals surface area contributed by atoms with E-state index in [1.54, 1.807) is 19.0 Å². The molecule has 3 nitrogen and oxygen atoms in total. The van der Waals surface area contributed by atoms with Gasteiger partial charge in [0.05, 0.1) is 5.75 Å². The Labute approximate surface area is 178 Å². The molecule has 0 saturated carbocycles. The maximum atomic E-state index is 13.6. The van der Waals surface area contributed by atoms with Crippen LogP contribution in [0.4, 0.5) is 57.1 Å². The quantitative estimate of drug-likeness (QED) is 0.276. The molecule has 32 heavy (non-hydrogen) atoms. The van der Waals surface area contributed by atoms with Crippen molar-refractivity contribution in [1.82, 2.24) is 10.2 Å². The van der Waals surface area contributed by atoms with E-state index in [9.17, 15) is 61.9 Å². The van der Waals surface area contributed by atoms with Crippen LogP contribution >= 0.6 is 11.8 Å². The number of nitrogens with one attached hydrogen (secondary N) is 1. The van der Waals surface area contributed by atoms with Gasteiger partial charge in [-0.3, -0.25) is 4.79 Å². The number of thioether (sulfide) groups is 1. The zero-order valence-corrected chi connectivity index (χ0v) is 17.2. The minimum Gasteiger partial charge on any atom is -0.355 e. The first-order chi connectivity index (χ1) is 14.1. The van der Waals surface area contributed by atoms with Crippen molar-refractivity contribution in [2.45, 2.75) is 48.6 Å². The molecule has 0 unspecified atom stereocenters. The fourth-order valence-corrected chi connectivity index (χ4v) is 2.83. The Kier molecular flexibility index (Phi) is 10.1. The summed E-state index contributed by atoms with van der Waals surface area (Å²) in [5.41, 5.74) is 0. The Morgan fingerprint density at radius 2 is 1.25 bits per heavy atom. The van der Waals surface area contributed by atoms with E-state index in [-0.39, 0.29) is 18.3 Å². The summed E-state index contributed by atoms with van der Waals surface area (Å²) in [5.74, 6) is -39.4. The first kappa shape index (κ1) is 30.9. The average Bonchev–Trinajstić information content (AvgIpc) is 2.60. The highest BCUT2D eigenvalue weighted by atomic mass is 32.2. The van der Waals surface area contributed by atoms with Crippen LogP contribution in [0.1, 0.15) is 12.8 Å². The first-order valence-electron chi connectivity index (χ1n) is 8.51. The second kappa shape index (κ2) is 10.4. The Morgan fingerprint density at radius 1 is 0.781 bits per heavy atom. The number of amides is 1. The van der Waals surface area contributed by atoms with Crippen LogP contribution in [-0.4, -0.2) is 85.3 Å². The van der Waals surface area contributed by atoms with Crippen LogP contribution in [0.15, 0.2) is 0 Å². The van der Waals surface area contributed by atoms with Crippen LogP contribution in [0, 0.1) is 0 Å². The summed E-state index contributed by atoms with van der Waals surface area (Å²) in [5, 5.41) is 2.31. The lowest BCUT2D eigenvalue weighted by Crippen LogP contribution is -2.70. The predicted octanol–water partition coefficient (Wildman–Crippen LogP) is 4.92. The van der Waals surface area contributed by atoms with Gasteiger partial charge in [-0.2, -0.15) is 68.8 Å². The third-order valence-electron chi connectivity index (χ3n) is 3.90. The van der Waals surface area contributed by atoms with Crippen molar-refractivity contribution in [2.75, 3.05) is 38.7 Å². The average molecular weight is 522 g/mol. The van der Waals surface area contributed by atoms with E-state index < -0.39 is 59.6 Å². The molecular formula is C15H19F13N2OS. The SMILES string of the molecule is CN(C)CCCNC(=O)CSCCC(F)(F)C(F)(F)C(F)(F)C(F)(F)C(F)(F)C(F)(F)F. The second-order valence-electron chi connectivity index (χ2n) is 6.81. The fraction of sp³-hybridized carbons (Fsp3) is 0.933. The van der Waals surface area contributed by atoms with Gasteiger partial charge in [0, 0.05) is 13.0 Å². The maximum absolute atomic E-state index is 13.6. The number of hydrogen-bond donors (Lipinski definition) is 1. The Hall–Kier alpha value is -1.13. The number of nitrogens with zero attached hydrogens (tertiary/aromatic N) is 1. The van der Waals surface area contributed by atoms with Gasteiger partial charge in [0.15, 0.2) is 0 Å². The van der Waals surface area contributed by atoms with Crippen molar-refractivity contribution < 1.29 is 61.9 Å². The van der Waals surface area contributed by atoms with Gasteiger partial charge in [-0.05, 0) is 32.8 Å². The molecule has 0 radical (unpaired) electrons. The maximum Gasteiger partial charge on any atom is 0.460 e. The molecule has 0 aromatic heterocycles. The lowest BCUT2D eigenvalue weighted by atomic mass is 9.93. The third-order valence-corrected chi connectivity index (χ3v) is 4.86. The third kappa shape index (κ3) is 6.47. The number of carbonyl (C=O) groups excluding carboxylic acids is 1. The van der Waals surface area contributed by atoms with Gasteiger partial charge in [-0.1, -0.05) is 0 Å². The summed E-state index contributed by atoms with van der Waals surface area (Å²) in [7, 11) is 3.47. The molecule has 0 fully saturated rings. The highest BCUT2D eigenvalue weighted by molar-refractivity contribution is 7.99. The van der Waals surface area contributed by atoms with Crippen molar-refractivity contribution >= 4 is 17.7 Å². The molecule has 1 amide bonds. The molecule has 192 valence electrons. The van der Waals surface area contributed by atoms with Crippen LogP contribution < -0.4 is 5.32 Å². The number of hydrogen-bond acceptors (Lipinski definition) is 3. The predicted molar refractivity (Wildman–Crippen MR) is 88.9 cm³/mol. The van der Waals surface area contributed by atoms with Crippen LogP contribution in [0.25, 0.3) is 0 Å². The van der Waals surface area contributed by atoms with Crippen LogP contribution in [-0.2, 0) is 4.79 Å². The van der Waals surface area contributed by atoms with E-state index in [4.69, 9.17) is 0 Å². The molecule has 0 aromatic rings. The molecular weight excluding hydrogens is 503 g/mol. The summed E-state index contributed by atoms with van der Waals surface area (Å²) in [6, 6.07) is 0. The van der Waals surface area contributed by atoms with Gasteiger partial charge < -0.3 is 10.2 Å². The first-order valence-corrected chi connectivity index (χ1v) is 9.66. The van der Waals surface area contributed by atoms with Crippen molar-refractivity contribution in [3.05, 3.63) is 0 Å². The van der Waals surface area contributed by atoms with E-state index in [2.05, 4.69) is 5.32 Å². The van der Waals surface area contributed by atoms with Crippen molar-refractivity contribution in [1.29, 1.82) is 0 Å². The normalized spacial score (nSPS) is 14.8. The van der Waals surface area contributed by atoms with Crippen molar-refractivity contribution in [3.8, 4) is 0 Å². The molecule has 0 saturated heterocycles. The van der Waals surface area contributed by atoms with Gasteiger partial charge in [0.25, 0.3) is 0 Å². The smallest absolute Gasteiger partial charge is 0.355 e. The zero-order valence-electron chi connectivity index (χ0n) is 16.4. The zero-order chi connectivity index (χ0) is 25.8. The molecule has 0 spiro atoms. The fourth-order valence-electron chi connectivity index (χ4n) is 2.00. The molecule has 0 aliphatic carbocycles. The summed E-state index contributed by atoms with van der Waals surface area (Å²) >= 11 is 0.200. The molecule has 0 heterocycles. The topological polar surface area (TPSA) is 32.3 Å². The largest absolute Gasteiger partial charge is 0.460 e. The number of alkyl halides is 13. The van der Waals surface area contributed by atoms with E-state index >= 15 is 0 Å². The van der Waals surface area contributed by atoms with Crippen LogP contribution in [0.5, 0.6) is 0 Å². The van der Waals surface area contributed by atoms with Crippen molar-refractivity contribution in [3.63, 3.8) is 0 Å². The summed E-state index contributed by atoms with van der Waals surface area (Å²) in [4.78, 5) is 13.2. The van der Waals surface area contributed by atoms with Gasteiger partial charge in [0.2, 0.25) is 5.91 Å². The van der Waals surface area contributed by atoms with Gasteiger partial charge in [-0.15, -0.1) is 0 Å².